The van der Waals surface area contributed by atoms with E-state index in [0.717, 1.165) is 0 Å². The van der Waals surface area contributed by atoms with Crippen molar-refractivity contribution in [3.05, 3.63) is 0 Å². The van der Waals surface area contributed by atoms with Crippen LogP contribution in [-0.2, 0) is 19.6 Å². The number of ether oxygens (including phenoxy) is 2. The van der Waals surface area contributed by atoms with Gasteiger partial charge in [0.05, 0.1) is 25.6 Å². The van der Waals surface area contributed by atoms with Crippen LogP contribution >= 0.6 is 0 Å². The maximum Gasteiger partial charge on any atom is 0.264 e. The molecule has 0 aliphatic rings. The molecule has 0 spiro atoms. The molecule has 7 heteroatoms. The molecular formula is C8H19NO5S. The molecule has 6 nitrogen and oxygen atoms in total. The molecule has 0 aliphatic heterocycles. The first-order valence-corrected chi connectivity index (χ1v) is 6.40. The van der Waals surface area contributed by atoms with E-state index in [-0.39, 0.29) is 5.75 Å². The molecule has 0 radical (unpaired) electrons. The monoisotopic (exact) mass is 241 g/mol. The smallest absolute Gasteiger partial charge is 0.264 e. The summed E-state index contributed by atoms with van der Waals surface area (Å²) in [5.41, 5.74) is 0. The summed E-state index contributed by atoms with van der Waals surface area (Å²) in [5, 5.41) is 2.99. The Morgan fingerprint density at radius 1 is 1.20 bits per heavy atom. The molecule has 0 aromatic rings. The summed E-state index contributed by atoms with van der Waals surface area (Å²) < 4.78 is 39.0. The minimum atomic E-state index is -3.82. The summed E-state index contributed by atoms with van der Waals surface area (Å²) in [6.45, 7) is 2.91. The average molecular weight is 241 g/mol. The van der Waals surface area contributed by atoms with Crippen LogP contribution < -0.4 is 5.32 Å². The molecule has 0 rings (SSSR count). The van der Waals surface area contributed by atoms with E-state index in [1.54, 1.807) is 7.11 Å². The van der Waals surface area contributed by atoms with E-state index in [2.05, 4.69) is 5.32 Å². The maximum atomic E-state index is 10.3. The second kappa shape index (κ2) is 9.05. The molecule has 0 bridgehead atoms. The molecule has 0 saturated heterocycles. The van der Waals surface area contributed by atoms with Crippen LogP contribution in [0.4, 0.5) is 0 Å². The zero-order chi connectivity index (χ0) is 11.6. The molecule has 0 heterocycles. The van der Waals surface area contributed by atoms with Crippen molar-refractivity contribution in [2.45, 2.75) is 6.42 Å². The molecule has 0 aromatic carbocycles. The number of hydrogen-bond donors (Lipinski definition) is 2. The average Bonchev–Trinajstić information content (AvgIpc) is 2.14. The van der Waals surface area contributed by atoms with Crippen molar-refractivity contribution in [2.75, 3.05) is 45.8 Å². The van der Waals surface area contributed by atoms with Gasteiger partial charge in [-0.05, 0) is 13.0 Å². The van der Waals surface area contributed by atoms with Crippen LogP contribution in [0.2, 0.25) is 0 Å². The first kappa shape index (κ1) is 14.8. The minimum Gasteiger partial charge on any atom is -0.382 e. The molecule has 0 aromatic heterocycles. The standard InChI is InChI=1S/C8H19NO5S/c1-13-6-7-14-5-4-9-3-2-8-15(10,11)12/h9H,2-8H2,1H3,(H,10,11,12). The molecule has 0 aliphatic carbocycles. The van der Waals surface area contributed by atoms with Gasteiger partial charge < -0.3 is 14.8 Å². The summed E-state index contributed by atoms with van der Waals surface area (Å²) in [6.07, 6.45) is 0.400. The molecule has 0 unspecified atom stereocenters. The van der Waals surface area contributed by atoms with Crippen molar-refractivity contribution in [1.29, 1.82) is 0 Å². The van der Waals surface area contributed by atoms with Gasteiger partial charge in [0.2, 0.25) is 0 Å². The van der Waals surface area contributed by atoms with Gasteiger partial charge in [0.15, 0.2) is 0 Å². The minimum absolute atomic E-state index is 0.204. The first-order valence-electron chi connectivity index (χ1n) is 4.79. The Bertz CT molecular complexity index is 229. The van der Waals surface area contributed by atoms with Gasteiger partial charge in [-0.2, -0.15) is 8.42 Å². The summed E-state index contributed by atoms with van der Waals surface area (Å²) in [5.74, 6) is -0.204. The summed E-state index contributed by atoms with van der Waals surface area (Å²) in [6, 6.07) is 0. The largest absolute Gasteiger partial charge is 0.382 e. The Kier molecular flexibility index (Phi) is 8.92. The van der Waals surface area contributed by atoms with E-state index < -0.39 is 10.1 Å². The Morgan fingerprint density at radius 3 is 2.53 bits per heavy atom. The Balaban J connectivity index is 3.06. The second-order valence-electron chi connectivity index (χ2n) is 2.99. The van der Waals surface area contributed by atoms with E-state index in [1.807, 2.05) is 0 Å². The predicted octanol–water partition coefficient (Wildman–Crippen LogP) is -0.483. The third kappa shape index (κ3) is 13.8. The topological polar surface area (TPSA) is 84.9 Å². The third-order valence-electron chi connectivity index (χ3n) is 1.61. The molecule has 0 saturated carbocycles. The highest BCUT2D eigenvalue weighted by Gasteiger charge is 2.02. The van der Waals surface area contributed by atoms with Crippen molar-refractivity contribution in [3.63, 3.8) is 0 Å². The van der Waals surface area contributed by atoms with Crippen LogP contribution in [0.1, 0.15) is 6.42 Å². The third-order valence-corrected chi connectivity index (χ3v) is 2.42. The quantitative estimate of drug-likeness (QED) is 0.397. The lowest BCUT2D eigenvalue weighted by molar-refractivity contribution is 0.0720. The van der Waals surface area contributed by atoms with Crippen LogP contribution in [0.15, 0.2) is 0 Å². The van der Waals surface area contributed by atoms with Gasteiger partial charge in [-0.25, -0.2) is 0 Å². The highest BCUT2D eigenvalue weighted by Crippen LogP contribution is 1.86. The van der Waals surface area contributed by atoms with Gasteiger partial charge in [-0.3, -0.25) is 4.55 Å². The number of methoxy groups -OCH3 is 1. The molecule has 2 N–H and O–H groups in total. The fourth-order valence-corrected chi connectivity index (χ4v) is 1.40. The van der Waals surface area contributed by atoms with E-state index in [4.69, 9.17) is 14.0 Å². The zero-order valence-corrected chi connectivity index (χ0v) is 9.75. The summed E-state index contributed by atoms with van der Waals surface area (Å²) in [4.78, 5) is 0. The van der Waals surface area contributed by atoms with Crippen molar-refractivity contribution in [2.24, 2.45) is 0 Å². The molecule has 0 fully saturated rings. The van der Waals surface area contributed by atoms with E-state index in [1.165, 1.54) is 0 Å². The fraction of sp³-hybridized carbons (Fsp3) is 1.00. The SMILES string of the molecule is COCCOCCNCCCS(=O)(=O)O. The highest BCUT2D eigenvalue weighted by molar-refractivity contribution is 7.85. The number of hydrogen-bond acceptors (Lipinski definition) is 5. The van der Waals surface area contributed by atoms with E-state index in [0.29, 0.717) is 39.3 Å². The molecule has 0 atom stereocenters. The normalized spacial score (nSPS) is 11.9. The van der Waals surface area contributed by atoms with Crippen molar-refractivity contribution < 1.29 is 22.4 Å². The fourth-order valence-electron chi connectivity index (χ4n) is 0.893. The molecule has 0 amide bonds. The van der Waals surface area contributed by atoms with E-state index >= 15 is 0 Å². The summed E-state index contributed by atoms with van der Waals surface area (Å²) >= 11 is 0. The van der Waals surface area contributed by atoms with Crippen LogP contribution in [0, 0.1) is 0 Å². The van der Waals surface area contributed by atoms with Gasteiger partial charge in [-0.15, -0.1) is 0 Å². The van der Waals surface area contributed by atoms with Crippen molar-refractivity contribution in [1.82, 2.24) is 5.32 Å². The number of rotatable bonds is 10. The second-order valence-corrected chi connectivity index (χ2v) is 4.57. The zero-order valence-electron chi connectivity index (χ0n) is 8.94. The van der Waals surface area contributed by atoms with E-state index in [9.17, 15) is 8.42 Å². The van der Waals surface area contributed by atoms with Crippen LogP contribution in [0.25, 0.3) is 0 Å². The molecule has 15 heavy (non-hydrogen) atoms. The lowest BCUT2D eigenvalue weighted by Gasteiger charge is -2.05. The van der Waals surface area contributed by atoms with Crippen molar-refractivity contribution in [3.8, 4) is 0 Å². The first-order chi connectivity index (χ1) is 7.06. The number of nitrogens with one attached hydrogen (secondary N) is 1. The van der Waals surface area contributed by atoms with Crippen LogP contribution in [0.3, 0.4) is 0 Å². The van der Waals surface area contributed by atoms with Gasteiger partial charge in [0.25, 0.3) is 10.1 Å². The van der Waals surface area contributed by atoms with Crippen LogP contribution in [-0.4, -0.2) is 58.7 Å². The van der Waals surface area contributed by atoms with Gasteiger partial charge >= 0.3 is 0 Å². The Morgan fingerprint density at radius 2 is 1.93 bits per heavy atom. The lowest BCUT2D eigenvalue weighted by Crippen LogP contribution is -2.23. The molecule has 92 valence electrons. The van der Waals surface area contributed by atoms with Gasteiger partial charge in [0, 0.05) is 13.7 Å². The summed E-state index contributed by atoms with van der Waals surface area (Å²) in [7, 11) is -2.21. The van der Waals surface area contributed by atoms with Gasteiger partial charge in [0.1, 0.15) is 0 Å². The highest BCUT2D eigenvalue weighted by atomic mass is 32.2. The Labute approximate surface area is 90.7 Å². The Hall–Kier alpha value is -0.210. The van der Waals surface area contributed by atoms with Crippen LogP contribution in [0.5, 0.6) is 0 Å². The predicted molar refractivity (Wildman–Crippen MR) is 56.6 cm³/mol. The maximum absolute atomic E-state index is 10.3. The lowest BCUT2D eigenvalue weighted by atomic mass is 10.5. The van der Waals surface area contributed by atoms with Gasteiger partial charge in [-0.1, -0.05) is 0 Å². The molecular weight excluding hydrogens is 222 g/mol. The van der Waals surface area contributed by atoms with Crippen molar-refractivity contribution >= 4 is 10.1 Å².